The molecule has 1 aliphatic rings. The second-order valence-electron chi connectivity index (χ2n) is 9.22. The number of phenolic OH excluding ortho intramolecular Hbond substituents is 1. The van der Waals surface area contributed by atoms with Crippen LogP contribution in [0.4, 0.5) is 11.5 Å². The fourth-order valence-electron chi connectivity index (χ4n) is 4.14. The molecule has 4 rings (SSSR count). The quantitative estimate of drug-likeness (QED) is 0.475. The molecular formula is C24H26ClN5O3. The number of aromatic hydroxyl groups is 1. The Morgan fingerprint density at radius 3 is 2.67 bits per heavy atom. The Kier molecular flexibility index (Phi) is 5.88. The smallest absolute Gasteiger partial charge is 0.232 e. The average Bonchev–Trinajstić information content (AvgIpc) is 3.25. The van der Waals surface area contributed by atoms with E-state index in [4.69, 9.17) is 11.6 Å². The maximum absolute atomic E-state index is 13.0. The first-order chi connectivity index (χ1) is 15.5. The number of hydrogen-bond donors (Lipinski definition) is 3. The van der Waals surface area contributed by atoms with E-state index >= 15 is 0 Å². The second-order valence-corrected chi connectivity index (χ2v) is 9.63. The zero-order valence-electron chi connectivity index (χ0n) is 18.9. The van der Waals surface area contributed by atoms with Crippen LogP contribution in [0.25, 0.3) is 11.1 Å². The Morgan fingerprint density at radius 1 is 1.18 bits per heavy atom. The van der Waals surface area contributed by atoms with Gasteiger partial charge in [0.2, 0.25) is 11.8 Å². The number of rotatable bonds is 5. The van der Waals surface area contributed by atoms with Crippen molar-refractivity contribution in [2.24, 2.45) is 5.41 Å². The number of halogens is 1. The topological polar surface area (TPSA) is 109 Å². The first kappa shape index (κ1) is 22.8. The van der Waals surface area contributed by atoms with E-state index in [1.54, 1.807) is 31.3 Å². The molecule has 0 saturated carbocycles. The molecule has 2 aromatic heterocycles. The zero-order chi connectivity index (χ0) is 23.9. The molecule has 0 saturated heterocycles. The van der Waals surface area contributed by atoms with E-state index in [0.717, 1.165) is 29.8 Å². The molecular weight excluding hydrogens is 442 g/mol. The number of carbonyl (C=O) groups is 2. The van der Waals surface area contributed by atoms with Gasteiger partial charge in [-0.1, -0.05) is 25.4 Å². The van der Waals surface area contributed by atoms with Gasteiger partial charge in [-0.3, -0.25) is 14.3 Å². The number of fused-ring (bicyclic) bond motifs is 1. The summed E-state index contributed by atoms with van der Waals surface area (Å²) in [7, 11) is 0. The van der Waals surface area contributed by atoms with Crippen molar-refractivity contribution >= 4 is 34.9 Å². The molecule has 1 aliphatic heterocycles. The SMILES string of the molecule is CC(=O)Nc1ccc(O)c([C@@H](C)C(=O)Nc2cc(-c3cnn4c3CC(C)(C)C4)c(Cl)cn2)c1. The number of amides is 2. The lowest BCUT2D eigenvalue weighted by atomic mass is 9.89. The first-order valence-corrected chi connectivity index (χ1v) is 11.0. The van der Waals surface area contributed by atoms with Crippen LogP contribution in [0.1, 0.15) is 44.9 Å². The molecule has 0 bridgehead atoms. The minimum Gasteiger partial charge on any atom is -0.508 e. The molecule has 1 aromatic carbocycles. The lowest BCUT2D eigenvalue weighted by Crippen LogP contribution is -2.20. The first-order valence-electron chi connectivity index (χ1n) is 10.7. The Labute approximate surface area is 197 Å². The van der Waals surface area contributed by atoms with Crippen LogP contribution in [0.3, 0.4) is 0 Å². The van der Waals surface area contributed by atoms with Gasteiger partial charge in [-0.2, -0.15) is 5.10 Å². The molecule has 9 heteroatoms. The summed E-state index contributed by atoms with van der Waals surface area (Å²) >= 11 is 6.46. The minimum atomic E-state index is -0.694. The van der Waals surface area contributed by atoms with Crippen molar-refractivity contribution in [3.8, 4) is 16.9 Å². The number of aromatic nitrogens is 3. The molecule has 0 unspecified atom stereocenters. The number of nitrogens with one attached hydrogen (secondary N) is 2. The number of nitrogens with zero attached hydrogens (tertiary/aromatic N) is 3. The van der Waals surface area contributed by atoms with Gasteiger partial charge in [0.05, 0.1) is 17.1 Å². The van der Waals surface area contributed by atoms with Gasteiger partial charge in [0, 0.05) is 47.7 Å². The number of carbonyl (C=O) groups excluding carboxylic acids is 2. The number of benzene rings is 1. The monoisotopic (exact) mass is 467 g/mol. The van der Waals surface area contributed by atoms with E-state index < -0.39 is 5.92 Å². The molecule has 0 aliphatic carbocycles. The molecule has 0 spiro atoms. The highest BCUT2D eigenvalue weighted by Crippen LogP contribution is 2.39. The number of anilines is 2. The van der Waals surface area contributed by atoms with Crippen LogP contribution in [0.2, 0.25) is 5.02 Å². The van der Waals surface area contributed by atoms with Crippen LogP contribution < -0.4 is 10.6 Å². The van der Waals surface area contributed by atoms with E-state index in [0.29, 0.717) is 22.1 Å². The van der Waals surface area contributed by atoms with Gasteiger partial charge < -0.3 is 15.7 Å². The maximum Gasteiger partial charge on any atom is 0.232 e. The normalized spacial score (nSPS) is 15.1. The van der Waals surface area contributed by atoms with E-state index in [9.17, 15) is 14.7 Å². The van der Waals surface area contributed by atoms with E-state index in [-0.39, 0.29) is 23.0 Å². The lowest BCUT2D eigenvalue weighted by Gasteiger charge is -2.16. The molecule has 1 atom stereocenters. The molecule has 0 fully saturated rings. The van der Waals surface area contributed by atoms with Crippen molar-refractivity contribution in [3.63, 3.8) is 0 Å². The number of phenols is 1. The van der Waals surface area contributed by atoms with Crippen molar-refractivity contribution in [2.75, 3.05) is 10.6 Å². The average molecular weight is 468 g/mol. The van der Waals surface area contributed by atoms with Crippen molar-refractivity contribution in [3.05, 3.63) is 52.9 Å². The van der Waals surface area contributed by atoms with E-state index in [2.05, 4.69) is 34.6 Å². The summed E-state index contributed by atoms with van der Waals surface area (Å²) in [6.45, 7) is 8.30. The van der Waals surface area contributed by atoms with Crippen LogP contribution >= 0.6 is 11.6 Å². The van der Waals surface area contributed by atoms with Gasteiger partial charge in [-0.05, 0) is 43.0 Å². The van der Waals surface area contributed by atoms with Crippen LogP contribution in [-0.4, -0.2) is 31.7 Å². The molecule has 8 nitrogen and oxygen atoms in total. The van der Waals surface area contributed by atoms with Crippen molar-refractivity contribution in [1.29, 1.82) is 0 Å². The highest BCUT2D eigenvalue weighted by molar-refractivity contribution is 6.33. The third-order valence-corrected chi connectivity index (χ3v) is 6.08. The largest absolute Gasteiger partial charge is 0.508 e. The Balaban J connectivity index is 1.58. The van der Waals surface area contributed by atoms with Crippen molar-refractivity contribution in [1.82, 2.24) is 14.8 Å². The summed E-state index contributed by atoms with van der Waals surface area (Å²) in [6, 6.07) is 6.35. The van der Waals surface area contributed by atoms with Crippen molar-refractivity contribution in [2.45, 2.75) is 46.6 Å². The molecule has 172 valence electrons. The van der Waals surface area contributed by atoms with Gasteiger partial charge in [-0.25, -0.2) is 4.98 Å². The van der Waals surface area contributed by atoms with Crippen LogP contribution in [0, 0.1) is 5.41 Å². The predicted octanol–water partition coefficient (Wildman–Crippen LogP) is 4.59. The second kappa shape index (κ2) is 8.51. The van der Waals surface area contributed by atoms with Crippen LogP contribution in [0.5, 0.6) is 5.75 Å². The highest BCUT2D eigenvalue weighted by Gasteiger charge is 2.32. The fraction of sp³-hybridized carbons (Fsp3) is 0.333. The molecule has 3 N–H and O–H groups in total. The van der Waals surface area contributed by atoms with Gasteiger partial charge in [0.15, 0.2) is 0 Å². The number of hydrogen-bond acceptors (Lipinski definition) is 5. The third kappa shape index (κ3) is 4.71. The highest BCUT2D eigenvalue weighted by atomic mass is 35.5. The van der Waals surface area contributed by atoms with Crippen LogP contribution in [0.15, 0.2) is 36.7 Å². The molecule has 3 aromatic rings. The zero-order valence-corrected chi connectivity index (χ0v) is 19.7. The van der Waals surface area contributed by atoms with Gasteiger partial charge in [0.1, 0.15) is 11.6 Å². The number of pyridine rings is 1. The molecule has 3 heterocycles. The predicted molar refractivity (Wildman–Crippen MR) is 127 cm³/mol. The summed E-state index contributed by atoms with van der Waals surface area (Å²) < 4.78 is 2.00. The Morgan fingerprint density at radius 2 is 1.94 bits per heavy atom. The summed E-state index contributed by atoms with van der Waals surface area (Å²) in [5.41, 5.74) is 3.81. The van der Waals surface area contributed by atoms with Crippen molar-refractivity contribution < 1.29 is 14.7 Å². The standard InChI is InChI=1S/C24H26ClN5O3/c1-13(16-7-15(28-14(2)31)5-6-21(16)32)23(33)29-22-8-17(19(25)11-26-22)18-10-27-30-12-24(3,4)9-20(18)30/h5-8,10-11,13,32H,9,12H2,1-4H3,(H,28,31)(H,26,29,33)/t13-/m1/s1. The van der Waals surface area contributed by atoms with Gasteiger partial charge in [-0.15, -0.1) is 0 Å². The summed E-state index contributed by atoms with van der Waals surface area (Å²) in [4.78, 5) is 28.5. The summed E-state index contributed by atoms with van der Waals surface area (Å²) in [5.74, 6) is -0.972. The minimum absolute atomic E-state index is 0.0328. The third-order valence-electron chi connectivity index (χ3n) is 5.78. The molecule has 33 heavy (non-hydrogen) atoms. The van der Waals surface area contributed by atoms with E-state index in [1.807, 2.05) is 4.68 Å². The lowest BCUT2D eigenvalue weighted by molar-refractivity contribution is -0.117. The maximum atomic E-state index is 13.0. The summed E-state index contributed by atoms with van der Waals surface area (Å²) in [5, 5.41) is 20.7. The van der Waals surface area contributed by atoms with Gasteiger partial charge >= 0.3 is 0 Å². The fourth-order valence-corrected chi connectivity index (χ4v) is 4.35. The van der Waals surface area contributed by atoms with Gasteiger partial charge in [0.25, 0.3) is 0 Å². The van der Waals surface area contributed by atoms with E-state index in [1.165, 1.54) is 19.2 Å². The Hall–Kier alpha value is -3.39. The molecule has 2 amide bonds. The summed E-state index contributed by atoms with van der Waals surface area (Å²) in [6.07, 6.45) is 4.19. The Bertz CT molecular complexity index is 1250. The van der Waals surface area contributed by atoms with Crippen LogP contribution in [-0.2, 0) is 22.6 Å². The molecule has 0 radical (unpaired) electrons.